The first kappa shape index (κ1) is 26.5. The van der Waals surface area contributed by atoms with E-state index in [-0.39, 0.29) is 22.8 Å². The Bertz CT molecular complexity index is 1450. The van der Waals surface area contributed by atoms with E-state index in [2.05, 4.69) is 32.7 Å². The van der Waals surface area contributed by atoms with Crippen LogP contribution in [0.1, 0.15) is 18.4 Å². The van der Waals surface area contributed by atoms with Gasteiger partial charge in [0.2, 0.25) is 0 Å². The van der Waals surface area contributed by atoms with E-state index in [1.807, 2.05) is 23.1 Å². The smallest absolute Gasteiger partial charge is 0.317 e. The first-order chi connectivity index (χ1) is 19.0. The maximum atomic E-state index is 14.5. The normalized spacial score (nSPS) is 13.8. The van der Waals surface area contributed by atoms with Gasteiger partial charge >= 0.3 is 6.03 Å². The summed E-state index contributed by atoms with van der Waals surface area (Å²) in [6.07, 6.45) is 3.44. The summed E-state index contributed by atoms with van der Waals surface area (Å²) >= 11 is 5.94. The number of piperidine rings is 1. The summed E-state index contributed by atoms with van der Waals surface area (Å²) in [4.78, 5) is 23.1. The van der Waals surface area contributed by atoms with E-state index in [0.717, 1.165) is 6.42 Å². The number of halogens is 2. The molecule has 1 aliphatic heterocycles. The fourth-order valence-corrected chi connectivity index (χ4v) is 4.74. The number of benzene rings is 3. The number of hydrogen-bond donors (Lipinski definition) is 2. The molecule has 3 aromatic carbocycles. The molecular formula is C29H29ClFN5O3. The maximum absolute atomic E-state index is 14.5. The van der Waals surface area contributed by atoms with Crippen LogP contribution in [0.4, 0.5) is 20.7 Å². The molecule has 0 bridgehead atoms. The molecule has 5 rings (SSSR count). The molecule has 2 amide bonds. The highest BCUT2D eigenvalue weighted by Crippen LogP contribution is 2.36. The summed E-state index contributed by atoms with van der Waals surface area (Å²) in [5.41, 5.74) is 2.01. The molecule has 2 N–H and O–H groups in total. The summed E-state index contributed by atoms with van der Waals surface area (Å²) < 4.78 is 26.4. The molecule has 0 spiro atoms. The number of carbonyl (C=O) groups is 1. The lowest BCUT2D eigenvalue weighted by molar-refractivity contribution is 0.108. The molecular weight excluding hydrogens is 521 g/mol. The zero-order valence-corrected chi connectivity index (χ0v) is 22.2. The van der Waals surface area contributed by atoms with E-state index >= 15 is 0 Å². The Hall–Kier alpha value is -4.11. The predicted molar refractivity (Wildman–Crippen MR) is 150 cm³/mol. The summed E-state index contributed by atoms with van der Waals surface area (Å²) in [6, 6.07) is 18.3. The third-order valence-corrected chi connectivity index (χ3v) is 6.97. The summed E-state index contributed by atoms with van der Waals surface area (Å²) in [6.45, 7) is 1.76. The van der Waals surface area contributed by atoms with Gasteiger partial charge in [-0.05, 0) is 30.2 Å². The van der Waals surface area contributed by atoms with Crippen molar-refractivity contribution < 1.29 is 18.7 Å². The van der Waals surface area contributed by atoms with Crippen molar-refractivity contribution in [1.29, 1.82) is 0 Å². The summed E-state index contributed by atoms with van der Waals surface area (Å²) in [7, 11) is 1.57. The van der Waals surface area contributed by atoms with Gasteiger partial charge in [-0.2, -0.15) is 0 Å². The Morgan fingerprint density at radius 3 is 2.64 bits per heavy atom. The predicted octanol–water partition coefficient (Wildman–Crippen LogP) is 5.97. The Morgan fingerprint density at radius 2 is 1.87 bits per heavy atom. The van der Waals surface area contributed by atoms with Gasteiger partial charge in [0.1, 0.15) is 18.2 Å². The van der Waals surface area contributed by atoms with Gasteiger partial charge < -0.3 is 25.0 Å². The molecule has 8 nitrogen and oxygen atoms in total. The van der Waals surface area contributed by atoms with Crippen molar-refractivity contribution in [3.8, 4) is 11.5 Å². The number of likely N-dealkylation sites (tertiary alicyclic amines) is 1. The standard InChI is InChI=1S/C29H29ClFN5O3/c1-38-25-17-24-21(28(34-18-33-24)35-23-9-5-8-22(30)27(23)31)16-26(25)39-20-11-14-36(15-12-20)29(37)32-13-10-19-6-3-2-4-7-19/h2-9,16-18,20H,10-15H2,1H3,(H,32,37)(H,33,34,35). The SMILES string of the molecule is COc1cc2ncnc(Nc3cccc(Cl)c3F)c2cc1OC1CCN(C(=O)NCCc2ccccc2)CC1. The molecule has 0 saturated carbocycles. The first-order valence-electron chi connectivity index (χ1n) is 12.8. The number of nitrogens with one attached hydrogen (secondary N) is 2. The van der Waals surface area contributed by atoms with Gasteiger partial charge in [0.15, 0.2) is 17.3 Å². The zero-order valence-electron chi connectivity index (χ0n) is 21.5. The van der Waals surface area contributed by atoms with Crippen molar-refractivity contribution >= 4 is 40.0 Å². The van der Waals surface area contributed by atoms with Crippen molar-refractivity contribution in [2.45, 2.75) is 25.4 Å². The van der Waals surface area contributed by atoms with Gasteiger partial charge in [-0.1, -0.05) is 48.0 Å². The zero-order chi connectivity index (χ0) is 27.2. The second kappa shape index (κ2) is 12.2. The third kappa shape index (κ3) is 6.31. The Balaban J connectivity index is 1.24. The molecule has 1 saturated heterocycles. The maximum Gasteiger partial charge on any atom is 0.317 e. The topological polar surface area (TPSA) is 88.6 Å². The van der Waals surface area contributed by atoms with E-state index in [9.17, 15) is 9.18 Å². The average molecular weight is 550 g/mol. The van der Waals surface area contributed by atoms with Crippen LogP contribution in [0.15, 0.2) is 67.0 Å². The number of anilines is 2. The number of fused-ring (bicyclic) bond motifs is 1. The van der Waals surface area contributed by atoms with Crippen LogP contribution in [-0.2, 0) is 6.42 Å². The molecule has 10 heteroatoms. The van der Waals surface area contributed by atoms with Gasteiger partial charge in [0.25, 0.3) is 0 Å². The van der Waals surface area contributed by atoms with Crippen LogP contribution >= 0.6 is 11.6 Å². The van der Waals surface area contributed by atoms with Crippen LogP contribution in [0, 0.1) is 5.82 Å². The lowest BCUT2D eigenvalue weighted by atomic mass is 10.1. The Morgan fingerprint density at radius 1 is 1.08 bits per heavy atom. The van der Waals surface area contributed by atoms with Crippen molar-refractivity contribution in [3.05, 3.63) is 83.4 Å². The minimum absolute atomic E-state index is 0.0141. The third-order valence-electron chi connectivity index (χ3n) is 6.68. The van der Waals surface area contributed by atoms with Gasteiger partial charge in [-0.15, -0.1) is 0 Å². The van der Waals surface area contributed by atoms with Gasteiger partial charge in [0.05, 0.1) is 23.3 Å². The molecule has 1 aromatic heterocycles. The Kier molecular flexibility index (Phi) is 8.27. The lowest BCUT2D eigenvalue weighted by Gasteiger charge is -2.32. The molecule has 0 aliphatic carbocycles. The molecule has 2 heterocycles. The minimum Gasteiger partial charge on any atom is -0.493 e. The van der Waals surface area contributed by atoms with E-state index in [4.69, 9.17) is 21.1 Å². The van der Waals surface area contributed by atoms with Crippen LogP contribution in [0.2, 0.25) is 5.02 Å². The molecule has 0 unspecified atom stereocenters. The molecule has 39 heavy (non-hydrogen) atoms. The highest BCUT2D eigenvalue weighted by atomic mass is 35.5. The molecule has 1 fully saturated rings. The second-order valence-electron chi connectivity index (χ2n) is 9.24. The molecule has 4 aromatic rings. The van der Waals surface area contributed by atoms with Crippen LogP contribution in [0.3, 0.4) is 0 Å². The fraction of sp³-hybridized carbons (Fsp3) is 0.276. The van der Waals surface area contributed by atoms with Crippen LogP contribution in [0.5, 0.6) is 11.5 Å². The molecule has 1 aliphatic rings. The molecule has 0 radical (unpaired) electrons. The van der Waals surface area contributed by atoms with Crippen molar-refractivity contribution in [2.24, 2.45) is 0 Å². The van der Waals surface area contributed by atoms with Gasteiger partial charge in [-0.3, -0.25) is 0 Å². The number of methoxy groups -OCH3 is 1. The van der Waals surface area contributed by atoms with Crippen molar-refractivity contribution in [3.63, 3.8) is 0 Å². The summed E-state index contributed by atoms with van der Waals surface area (Å²) in [5, 5.41) is 6.68. The van der Waals surface area contributed by atoms with E-state index in [0.29, 0.717) is 60.7 Å². The number of urea groups is 1. The van der Waals surface area contributed by atoms with Gasteiger partial charge in [0, 0.05) is 43.9 Å². The monoisotopic (exact) mass is 549 g/mol. The number of aromatic nitrogens is 2. The van der Waals surface area contributed by atoms with Crippen LogP contribution < -0.4 is 20.1 Å². The first-order valence-corrected chi connectivity index (χ1v) is 13.2. The number of nitrogens with zero attached hydrogens (tertiary/aromatic N) is 3. The minimum atomic E-state index is -0.563. The fourth-order valence-electron chi connectivity index (χ4n) is 4.57. The number of amides is 2. The van der Waals surface area contributed by atoms with E-state index < -0.39 is 5.82 Å². The van der Waals surface area contributed by atoms with Crippen LogP contribution in [-0.4, -0.2) is 53.7 Å². The number of ether oxygens (including phenoxy) is 2. The summed E-state index contributed by atoms with van der Waals surface area (Å²) in [5.74, 6) is 0.907. The molecule has 0 atom stereocenters. The Labute approximate surface area is 231 Å². The lowest BCUT2D eigenvalue weighted by Crippen LogP contribution is -2.46. The van der Waals surface area contributed by atoms with E-state index in [1.165, 1.54) is 18.0 Å². The van der Waals surface area contributed by atoms with Crippen molar-refractivity contribution in [1.82, 2.24) is 20.2 Å². The molecule has 202 valence electrons. The largest absolute Gasteiger partial charge is 0.493 e. The highest BCUT2D eigenvalue weighted by Gasteiger charge is 2.25. The van der Waals surface area contributed by atoms with Crippen molar-refractivity contribution in [2.75, 3.05) is 32.1 Å². The van der Waals surface area contributed by atoms with E-state index in [1.54, 1.807) is 31.4 Å². The number of rotatable bonds is 8. The second-order valence-corrected chi connectivity index (χ2v) is 9.65. The number of hydrogen-bond acceptors (Lipinski definition) is 6. The average Bonchev–Trinajstić information content (AvgIpc) is 2.96. The number of carbonyl (C=O) groups excluding carboxylic acids is 1. The van der Waals surface area contributed by atoms with Crippen LogP contribution in [0.25, 0.3) is 10.9 Å². The quantitative estimate of drug-likeness (QED) is 0.281. The van der Waals surface area contributed by atoms with Gasteiger partial charge in [-0.25, -0.2) is 19.2 Å². The highest BCUT2D eigenvalue weighted by molar-refractivity contribution is 6.31.